The van der Waals surface area contributed by atoms with Gasteiger partial charge in [0.15, 0.2) is 0 Å². The van der Waals surface area contributed by atoms with Crippen molar-refractivity contribution >= 4 is 5.91 Å². The van der Waals surface area contributed by atoms with Crippen LogP contribution in [0.3, 0.4) is 0 Å². The van der Waals surface area contributed by atoms with Gasteiger partial charge in [-0.25, -0.2) is 0 Å². The highest BCUT2D eigenvalue weighted by atomic mass is 16.2. The number of rotatable bonds is 5. The second kappa shape index (κ2) is 5.35. The van der Waals surface area contributed by atoms with E-state index in [1.165, 1.54) is 19.3 Å². The zero-order valence-corrected chi connectivity index (χ0v) is 9.33. The van der Waals surface area contributed by atoms with E-state index >= 15 is 0 Å². The Morgan fingerprint density at radius 3 is 2.50 bits per heavy atom. The van der Waals surface area contributed by atoms with Gasteiger partial charge in [0.05, 0.1) is 6.04 Å². The predicted molar refractivity (Wildman–Crippen MR) is 57.9 cm³/mol. The van der Waals surface area contributed by atoms with Crippen LogP contribution < -0.4 is 5.73 Å². The SMILES string of the molecule is CCC(N)C(=O)N(CC)CC1CCC1. The molecule has 0 bridgehead atoms. The van der Waals surface area contributed by atoms with E-state index in [1.54, 1.807) is 0 Å². The van der Waals surface area contributed by atoms with E-state index in [4.69, 9.17) is 5.73 Å². The predicted octanol–water partition coefficient (Wildman–Crippen LogP) is 1.37. The highest BCUT2D eigenvalue weighted by Gasteiger charge is 2.24. The number of carbonyl (C=O) groups is 1. The summed E-state index contributed by atoms with van der Waals surface area (Å²) in [5.74, 6) is 0.866. The number of carbonyl (C=O) groups excluding carboxylic acids is 1. The van der Waals surface area contributed by atoms with Crippen molar-refractivity contribution in [2.75, 3.05) is 13.1 Å². The molecule has 0 aromatic heterocycles. The highest BCUT2D eigenvalue weighted by Crippen LogP contribution is 2.27. The van der Waals surface area contributed by atoms with E-state index in [1.807, 2.05) is 18.7 Å². The lowest BCUT2D eigenvalue weighted by Gasteiger charge is -2.32. The second-order valence-corrected chi connectivity index (χ2v) is 4.19. The van der Waals surface area contributed by atoms with Gasteiger partial charge < -0.3 is 10.6 Å². The topological polar surface area (TPSA) is 46.3 Å². The molecule has 82 valence electrons. The maximum absolute atomic E-state index is 11.8. The summed E-state index contributed by atoms with van der Waals surface area (Å²) in [5, 5.41) is 0. The molecule has 2 N–H and O–H groups in total. The van der Waals surface area contributed by atoms with Crippen LogP contribution in [0.5, 0.6) is 0 Å². The average molecular weight is 198 g/mol. The van der Waals surface area contributed by atoms with Crippen molar-refractivity contribution in [3.63, 3.8) is 0 Å². The number of likely N-dealkylation sites (N-methyl/N-ethyl adjacent to an activating group) is 1. The quantitative estimate of drug-likeness (QED) is 0.725. The van der Waals surface area contributed by atoms with E-state index in [0.29, 0.717) is 0 Å². The molecule has 3 nitrogen and oxygen atoms in total. The van der Waals surface area contributed by atoms with Gasteiger partial charge in [0.1, 0.15) is 0 Å². The Hall–Kier alpha value is -0.570. The van der Waals surface area contributed by atoms with Crippen molar-refractivity contribution in [2.24, 2.45) is 11.7 Å². The molecule has 0 aromatic rings. The first-order chi connectivity index (χ1) is 6.69. The molecule has 1 aliphatic carbocycles. The summed E-state index contributed by atoms with van der Waals surface area (Å²) in [4.78, 5) is 13.7. The molecule has 0 saturated heterocycles. The van der Waals surface area contributed by atoms with Gasteiger partial charge in [-0.15, -0.1) is 0 Å². The van der Waals surface area contributed by atoms with Crippen molar-refractivity contribution in [3.05, 3.63) is 0 Å². The standard InChI is InChI=1S/C11H22N2O/c1-3-10(12)11(14)13(4-2)8-9-6-5-7-9/h9-10H,3-8,12H2,1-2H3. The Morgan fingerprint density at radius 1 is 1.50 bits per heavy atom. The fourth-order valence-electron chi connectivity index (χ4n) is 1.77. The van der Waals surface area contributed by atoms with Crippen LogP contribution in [0.1, 0.15) is 39.5 Å². The Morgan fingerprint density at radius 2 is 2.14 bits per heavy atom. The molecular weight excluding hydrogens is 176 g/mol. The lowest BCUT2D eigenvalue weighted by molar-refractivity contribution is -0.133. The van der Waals surface area contributed by atoms with Gasteiger partial charge in [-0.1, -0.05) is 13.3 Å². The van der Waals surface area contributed by atoms with Gasteiger partial charge in [-0.2, -0.15) is 0 Å². The van der Waals surface area contributed by atoms with Gasteiger partial charge in [0.2, 0.25) is 5.91 Å². The van der Waals surface area contributed by atoms with Gasteiger partial charge in [-0.3, -0.25) is 4.79 Å². The zero-order valence-electron chi connectivity index (χ0n) is 9.33. The molecule has 0 spiro atoms. The first-order valence-electron chi connectivity index (χ1n) is 5.73. The highest BCUT2D eigenvalue weighted by molar-refractivity contribution is 5.81. The fraction of sp³-hybridized carbons (Fsp3) is 0.909. The summed E-state index contributed by atoms with van der Waals surface area (Å²) in [6, 6.07) is -0.296. The Bertz CT molecular complexity index is 190. The van der Waals surface area contributed by atoms with Gasteiger partial charge in [0, 0.05) is 13.1 Å². The summed E-state index contributed by atoms with van der Waals surface area (Å²) >= 11 is 0. The van der Waals surface area contributed by atoms with E-state index < -0.39 is 0 Å². The summed E-state index contributed by atoms with van der Waals surface area (Å²) < 4.78 is 0. The van der Waals surface area contributed by atoms with Crippen molar-refractivity contribution in [1.29, 1.82) is 0 Å². The second-order valence-electron chi connectivity index (χ2n) is 4.19. The van der Waals surface area contributed by atoms with Crippen molar-refractivity contribution in [1.82, 2.24) is 4.90 Å². The summed E-state index contributed by atoms with van der Waals surface area (Å²) in [6.45, 7) is 5.70. The maximum Gasteiger partial charge on any atom is 0.239 e. The minimum atomic E-state index is -0.296. The smallest absolute Gasteiger partial charge is 0.239 e. The van der Waals surface area contributed by atoms with Gasteiger partial charge >= 0.3 is 0 Å². The molecule has 0 heterocycles. The third kappa shape index (κ3) is 2.71. The zero-order chi connectivity index (χ0) is 10.6. The van der Waals surface area contributed by atoms with Crippen LogP contribution in [0, 0.1) is 5.92 Å². The molecule has 14 heavy (non-hydrogen) atoms. The number of hydrogen-bond acceptors (Lipinski definition) is 2. The largest absolute Gasteiger partial charge is 0.341 e. The summed E-state index contributed by atoms with van der Waals surface area (Å²) in [5.41, 5.74) is 5.74. The van der Waals surface area contributed by atoms with E-state index in [0.717, 1.165) is 25.4 Å². The van der Waals surface area contributed by atoms with Crippen LogP contribution in [0.15, 0.2) is 0 Å². The molecule has 3 heteroatoms. The summed E-state index contributed by atoms with van der Waals surface area (Å²) in [7, 11) is 0. The van der Waals surface area contributed by atoms with Gasteiger partial charge in [0.25, 0.3) is 0 Å². The maximum atomic E-state index is 11.8. The molecule has 0 radical (unpaired) electrons. The Balaban J connectivity index is 2.38. The van der Waals surface area contributed by atoms with Crippen LogP contribution in [0.2, 0.25) is 0 Å². The minimum Gasteiger partial charge on any atom is -0.341 e. The van der Waals surface area contributed by atoms with Crippen LogP contribution in [-0.2, 0) is 4.79 Å². The van der Waals surface area contributed by atoms with Crippen LogP contribution in [0.25, 0.3) is 0 Å². The Labute approximate surface area is 86.6 Å². The average Bonchev–Trinajstić information content (AvgIpc) is 2.14. The molecule has 1 saturated carbocycles. The summed E-state index contributed by atoms with van der Waals surface area (Å²) in [6.07, 6.45) is 4.63. The fourth-order valence-corrected chi connectivity index (χ4v) is 1.77. The Kier molecular flexibility index (Phi) is 4.39. The molecule has 1 aliphatic rings. The molecule has 1 atom stereocenters. The van der Waals surface area contributed by atoms with Gasteiger partial charge in [-0.05, 0) is 32.1 Å². The lowest BCUT2D eigenvalue weighted by Crippen LogP contribution is -2.46. The monoisotopic (exact) mass is 198 g/mol. The first kappa shape index (κ1) is 11.5. The molecular formula is C11H22N2O. The number of nitrogens with two attached hydrogens (primary N) is 1. The van der Waals surface area contributed by atoms with Crippen molar-refractivity contribution < 1.29 is 4.79 Å². The van der Waals surface area contributed by atoms with Crippen LogP contribution in [0.4, 0.5) is 0 Å². The molecule has 1 rings (SSSR count). The molecule has 1 unspecified atom stereocenters. The van der Waals surface area contributed by atoms with Crippen LogP contribution >= 0.6 is 0 Å². The molecule has 1 fully saturated rings. The van der Waals surface area contributed by atoms with E-state index in [9.17, 15) is 4.79 Å². The first-order valence-corrected chi connectivity index (χ1v) is 5.73. The molecule has 1 amide bonds. The van der Waals surface area contributed by atoms with Crippen molar-refractivity contribution in [2.45, 2.75) is 45.6 Å². The van der Waals surface area contributed by atoms with E-state index in [-0.39, 0.29) is 11.9 Å². The minimum absolute atomic E-state index is 0.127. The normalized spacial score (nSPS) is 18.8. The van der Waals surface area contributed by atoms with Crippen LogP contribution in [-0.4, -0.2) is 29.9 Å². The van der Waals surface area contributed by atoms with Crippen molar-refractivity contribution in [3.8, 4) is 0 Å². The number of nitrogens with zero attached hydrogens (tertiary/aromatic N) is 1. The third-order valence-electron chi connectivity index (χ3n) is 3.15. The molecule has 0 aromatic carbocycles. The third-order valence-corrected chi connectivity index (χ3v) is 3.15. The lowest BCUT2D eigenvalue weighted by atomic mass is 9.85. The molecule has 0 aliphatic heterocycles. The number of hydrogen-bond donors (Lipinski definition) is 1. The van der Waals surface area contributed by atoms with E-state index in [2.05, 4.69) is 0 Å². The number of amides is 1.